The quantitative estimate of drug-likeness (QED) is 0.227. The first-order chi connectivity index (χ1) is 17.3. The molecule has 0 saturated heterocycles. The van der Waals surface area contributed by atoms with Gasteiger partial charge in [-0.2, -0.15) is 13.2 Å². The molecule has 0 spiro atoms. The van der Waals surface area contributed by atoms with Gasteiger partial charge in [-0.1, -0.05) is 40.9 Å². The number of hydrogen-bond donors (Lipinski definition) is 1. The Morgan fingerprint density at radius 1 is 1.08 bits per heavy atom. The van der Waals surface area contributed by atoms with Crippen LogP contribution in [0, 0.1) is 0 Å². The molecule has 1 unspecified atom stereocenters. The molecule has 2 amide bonds. The van der Waals surface area contributed by atoms with Crippen LogP contribution in [0.4, 0.5) is 26.3 Å². The summed E-state index contributed by atoms with van der Waals surface area (Å²) < 4.78 is 81.5. The number of likely N-dealkylation sites (N-methyl/N-ethyl adjacent to an activating group) is 1. The molecule has 0 aromatic heterocycles. The highest BCUT2D eigenvalue weighted by atomic mass is 79.9. The SMILES string of the molecule is C[C@@H](NC(=O)c1ccc(/C(F)=C/C(c2cc(Cl)c(Cl)c(Cl)c2)C(C)(F)F)cc1Br)C(=O)N(C)CC(F)(F)F. The fourth-order valence-electron chi connectivity index (χ4n) is 3.39. The molecule has 38 heavy (non-hydrogen) atoms. The summed E-state index contributed by atoms with van der Waals surface area (Å²) in [5, 5.41) is 2.05. The molecule has 0 aliphatic carbocycles. The maximum absolute atomic E-state index is 15.1. The summed E-state index contributed by atoms with van der Waals surface area (Å²) in [4.78, 5) is 25.1. The highest BCUT2D eigenvalue weighted by molar-refractivity contribution is 9.10. The van der Waals surface area contributed by atoms with Crippen LogP contribution in [0.15, 0.2) is 40.9 Å². The molecule has 2 atom stereocenters. The lowest BCUT2D eigenvalue weighted by molar-refractivity contribution is -0.159. The van der Waals surface area contributed by atoms with E-state index in [0.717, 1.165) is 37.4 Å². The summed E-state index contributed by atoms with van der Waals surface area (Å²) in [5.74, 6) is -8.08. The summed E-state index contributed by atoms with van der Waals surface area (Å²) in [6.45, 7) is 0.302. The van der Waals surface area contributed by atoms with Gasteiger partial charge in [0.05, 0.1) is 26.5 Å². The molecule has 208 valence electrons. The van der Waals surface area contributed by atoms with Crippen molar-refractivity contribution in [3.63, 3.8) is 0 Å². The van der Waals surface area contributed by atoms with Crippen molar-refractivity contribution in [1.29, 1.82) is 0 Å². The third kappa shape index (κ3) is 8.53. The first-order valence-electron chi connectivity index (χ1n) is 10.6. The summed E-state index contributed by atoms with van der Waals surface area (Å²) >= 11 is 20.8. The second kappa shape index (κ2) is 12.5. The molecule has 0 fully saturated rings. The predicted octanol–water partition coefficient (Wildman–Crippen LogP) is 8.30. The van der Waals surface area contributed by atoms with Gasteiger partial charge in [-0.15, -0.1) is 0 Å². The fraction of sp³-hybridized carbons (Fsp3) is 0.333. The van der Waals surface area contributed by atoms with Crippen molar-refractivity contribution in [2.45, 2.75) is 37.9 Å². The average molecular weight is 669 g/mol. The van der Waals surface area contributed by atoms with Crippen molar-refractivity contribution in [3.05, 3.63) is 72.6 Å². The summed E-state index contributed by atoms with van der Waals surface area (Å²) in [6, 6.07) is 4.45. The van der Waals surface area contributed by atoms with Gasteiger partial charge in [0.1, 0.15) is 18.4 Å². The van der Waals surface area contributed by atoms with Crippen LogP contribution in [0.1, 0.15) is 41.3 Å². The van der Waals surface area contributed by atoms with Gasteiger partial charge in [0.25, 0.3) is 11.8 Å². The first kappa shape index (κ1) is 32.3. The number of nitrogens with zero attached hydrogens (tertiary/aromatic N) is 1. The van der Waals surface area contributed by atoms with E-state index in [1.807, 2.05) is 0 Å². The van der Waals surface area contributed by atoms with Gasteiger partial charge >= 0.3 is 6.18 Å². The van der Waals surface area contributed by atoms with E-state index >= 15 is 4.39 Å². The summed E-state index contributed by atoms with van der Waals surface area (Å²) in [7, 11) is 0.942. The number of amides is 2. The maximum Gasteiger partial charge on any atom is 0.406 e. The lowest BCUT2D eigenvalue weighted by atomic mass is 9.92. The van der Waals surface area contributed by atoms with E-state index in [1.54, 1.807) is 0 Å². The number of rotatable bonds is 8. The van der Waals surface area contributed by atoms with Gasteiger partial charge in [0, 0.05) is 24.0 Å². The van der Waals surface area contributed by atoms with E-state index in [1.165, 1.54) is 6.92 Å². The zero-order valence-corrected chi connectivity index (χ0v) is 23.7. The van der Waals surface area contributed by atoms with Crippen molar-refractivity contribution in [1.82, 2.24) is 10.2 Å². The second-order valence-electron chi connectivity index (χ2n) is 8.45. The second-order valence-corrected chi connectivity index (χ2v) is 10.5. The van der Waals surface area contributed by atoms with Crippen LogP contribution in [0.3, 0.4) is 0 Å². The predicted molar refractivity (Wildman–Crippen MR) is 139 cm³/mol. The van der Waals surface area contributed by atoms with Crippen LogP contribution in [0.2, 0.25) is 15.1 Å². The number of halogens is 10. The minimum Gasteiger partial charge on any atom is -0.340 e. The Kier molecular flexibility index (Phi) is 10.6. The summed E-state index contributed by atoms with van der Waals surface area (Å²) in [6.07, 6.45) is -3.94. The van der Waals surface area contributed by atoms with Gasteiger partial charge in [0.2, 0.25) is 5.91 Å². The zero-order valence-electron chi connectivity index (χ0n) is 19.9. The minimum atomic E-state index is -4.61. The number of hydrogen-bond acceptors (Lipinski definition) is 2. The third-order valence-corrected chi connectivity index (χ3v) is 7.08. The van der Waals surface area contributed by atoms with E-state index in [4.69, 9.17) is 34.8 Å². The number of carbonyl (C=O) groups excluding carboxylic acids is 2. The molecule has 0 heterocycles. The van der Waals surface area contributed by atoms with E-state index in [-0.39, 0.29) is 36.2 Å². The molecular weight excluding hydrogens is 649 g/mol. The standard InChI is InChI=1S/C24H20BrCl3F6N2O2/c1-11(22(38)36(3)10-24(32,33)34)35-21(37)14-5-4-12(6-16(14)25)19(29)9-15(23(2,30)31)13-7-17(26)20(28)18(27)8-13/h4-9,11,15H,10H2,1-3H3,(H,35,37)/b19-9-/t11-,15?/m1/s1. The Balaban J connectivity index is 2.29. The van der Waals surface area contributed by atoms with E-state index in [9.17, 15) is 31.5 Å². The number of nitrogens with one attached hydrogen (secondary N) is 1. The maximum atomic E-state index is 15.1. The normalized spacial score (nSPS) is 14.2. The van der Waals surface area contributed by atoms with Gasteiger partial charge in [-0.25, -0.2) is 13.2 Å². The third-order valence-electron chi connectivity index (χ3n) is 5.22. The van der Waals surface area contributed by atoms with E-state index in [2.05, 4.69) is 21.2 Å². The van der Waals surface area contributed by atoms with Gasteiger partial charge in [0.15, 0.2) is 0 Å². The molecule has 0 bridgehead atoms. The lowest BCUT2D eigenvalue weighted by Crippen LogP contribution is -2.48. The van der Waals surface area contributed by atoms with Crippen molar-refractivity contribution in [2.24, 2.45) is 0 Å². The Labute approximate surface area is 238 Å². The molecular formula is C24H20BrCl3F6N2O2. The number of alkyl halides is 5. The minimum absolute atomic E-state index is 0.0386. The molecule has 1 N–H and O–H groups in total. The Morgan fingerprint density at radius 2 is 1.63 bits per heavy atom. The van der Waals surface area contributed by atoms with Crippen molar-refractivity contribution in [2.75, 3.05) is 13.6 Å². The molecule has 2 aromatic carbocycles. The van der Waals surface area contributed by atoms with Gasteiger partial charge in [-0.3, -0.25) is 9.59 Å². The smallest absolute Gasteiger partial charge is 0.340 e. The van der Waals surface area contributed by atoms with Crippen molar-refractivity contribution < 1.29 is 35.9 Å². The Morgan fingerprint density at radius 3 is 2.11 bits per heavy atom. The Hall–Kier alpha value is -1.95. The first-order valence-corrected chi connectivity index (χ1v) is 12.6. The van der Waals surface area contributed by atoms with Crippen molar-refractivity contribution in [3.8, 4) is 0 Å². The molecule has 2 rings (SSSR count). The monoisotopic (exact) mass is 666 g/mol. The molecule has 0 saturated carbocycles. The lowest BCUT2D eigenvalue weighted by Gasteiger charge is -2.23. The van der Waals surface area contributed by atoms with E-state index < -0.39 is 48.2 Å². The fourth-order valence-corrected chi connectivity index (χ4v) is 4.57. The molecule has 2 aromatic rings. The molecule has 4 nitrogen and oxygen atoms in total. The molecule has 14 heteroatoms. The number of carbonyl (C=O) groups is 2. The molecule has 0 radical (unpaired) electrons. The van der Waals surface area contributed by atoms with Crippen LogP contribution >= 0.6 is 50.7 Å². The highest BCUT2D eigenvalue weighted by Crippen LogP contribution is 2.41. The van der Waals surface area contributed by atoms with Crippen molar-refractivity contribution >= 4 is 68.4 Å². The van der Waals surface area contributed by atoms with Crippen LogP contribution in [0.25, 0.3) is 5.83 Å². The summed E-state index contributed by atoms with van der Waals surface area (Å²) in [5.41, 5.74) is -0.326. The highest BCUT2D eigenvalue weighted by Gasteiger charge is 2.36. The number of allylic oxidation sites excluding steroid dienone is 1. The van der Waals surface area contributed by atoms with E-state index in [0.29, 0.717) is 17.9 Å². The van der Waals surface area contributed by atoms with Gasteiger partial charge < -0.3 is 10.2 Å². The Bertz CT molecular complexity index is 1230. The average Bonchev–Trinajstić information content (AvgIpc) is 2.77. The molecule has 0 aliphatic heterocycles. The topological polar surface area (TPSA) is 49.4 Å². The zero-order chi connectivity index (χ0) is 29.2. The molecule has 0 aliphatic rings. The van der Waals surface area contributed by atoms with Gasteiger partial charge in [-0.05, 0) is 58.8 Å². The number of benzene rings is 2. The van der Waals surface area contributed by atoms with Crippen LogP contribution < -0.4 is 5.32 Å². The van der Waals surface area contributed by atoms with Crippen LogP contribution in [0.5, 0.6) is 0 Å². The largest absolute Gasteiger partial charge is 0.406 e. The van der Waals surface area contributed by atoms with Crippen LogP contribution in [-0.4, -0.2) is 48.4 Å². The van der Waals surface area contributed by atoms with Crippen LogP contribution in [-0.2, 0) is 4.79 Å².